The first-order valence-corrected chi connectivity index (χ1v) is 8.23. The second-order valence-electron chi connectivity index (χ2n) is 5.26. The molecule has 2 aromatic carbocycles. The molecule has 0 N–H and O–H groups in total. The number of rotatable bonds is 4. The first-order chi connectivity index (χ1) is 10.3. The summed E-state index contributed by atoms with van der Waals surface area (Å²) in [7, 11) is 0. The van der Waals surface area contributed by atoms with Crippen LogP contribution in [-0.4, -0.2) is 0 Å². The largest absolute Gasteiger partial charge is 0.135 e. The van der Waals surface area contributed by atoms with Gasteiger partial charge in [-0.15, -0.1) is 17.8 Å². The summed E-state index contributed by atoms with van der Waals surface area (Å²) < 4.78 is 2.60. The van der Waals surface area contributed by atoms with E-state index in [2.05, 4.69) is 55.3 Å². The fourth-order valence-corrected chi connectivity index (χ4v) is 3.72. The number of thiophene rings is 1. The van der Waals surface area contributed by atoms with Crippen molar-refractivity contribution < 1.29 is 0 Å². The summed E-state index contributed by atoms with van der Waals surface area (Å²) in [5.41, 5.74) is 2.23. The van der Waals surface area contributed by atoms with Gasteiger partial charge in [-0.25, -0.2) is 0 Å². The molecular formula is C20H18S. The summed E-state index contributed by atoms with van der Waals surface area (Å²) in [5, 5.41) is 2.62. The van der Waals surface area contributed by atoms with Crippen molar-refractivity contribution in [3.63, 3.8) is 0 Å². The summed E-state index contributed by atoms with van der Waals surface area (Å²) in [6, 6.07) is 13.0. The third-order valence-electron chi connectivity index (χ3n) is 3.70. The van der Waals surface area contributed by atoms with Crippen LogP contribution in [0.5, 0.6) is 0 Å². The van der Waals surface area contributed by atoms with Crippen LogP contribution >= 0.6 is 11.3 Å². The van der Waals surface area contributed by atoms with E-state index >= 15 is 0 Å². The van der Waals surface area contributed by atoms with E-state index in [1.54, 1.807) is 0 Å². The third kappa shape index (κ3) is 2.86. The Bertz CT molecular complexity index is 843. The molecule has 0 amide bonds. The van der Waals surface area contributed by atoms with Crippen LogP contribution in [0.2, 0.25) is 0 Å². The van der Waals surface area contributed by atoms with E-state index in [0.717, 1.165) is 12.0 Å². The maximum absolute atomic E-state index is 5.48. The van der Waals surface area contributed by atoms with Crippen LogP contribution in [0.3, 0.4) is 0 Å². The van der Waals surface area contributed by atoms with Crippen molar-refractivity contribution in [3.8, 4) is 12.3 Å². The molecule has 0 aliphatic heterocycles. The Kier molecular flexibility index (Phi) is 4.08. The van der Waals surface area contributed by atoms with Gasteiger partial charge in [0.15, 0.2) is 0 Å². The highest BCUT2D eigenvalue weighted by Crippen LogP contribution is 2.35. The number of benzene rings is 2. The lowest BCUT2D eigenvalue weighted by Gasteiger charge is -1.96. The fraction of sp³-hybridized carbons (Fsp3) is 0.200. The van der Waals surface area contributed by atoms with E-state index in [9.17, 15) is 0 Å². The number of terminal acetylenes is 1. The van der Waals surface area contributed by atoms with Crippen LogP contribution in [0, 0.1) is 12.3 Å². The highest BCUT2D eigenvalue weighted by atomic mass is 32.1. The summed E-state index contributed by atoms with van der Waals surface area (Å²) in [5.74, 6) is 2.71. The van der Waals surface area contributed by atoms with Gasteiger partial charge in [0, 0.05) is 25.7 Å². The lowest BCUT2D eigenvalue weighted by Crippen LogP contribution is -1.73. The molecule has 1 heteroatoms. The van der Waals surface area contributed by atoms with Crippen molar-refractivity contribution in [2.24, 2.45) is 0 Å². The highest BCUT2D eigenvalue weighted by Gasteiger charge is 2.05. The standard InChI is InChI=1S/C20H18S/c1-3-5-6-7-8-16-10-12-18-17-11-9-15(4-2)13-19(17)21-20(18)14-16/h2,7-14H,3,5-6H2,1H3. The SMILES string of the molecule is C#Cc1ccc2c(c1)sc1cc(C=CCCCC)ccc12. The van der Waals surface area contributed by atoms with Crippen molar-refractivity contribution in [1.29, 1.82) is 0 Å². The van der Waals surface area contributed by atoms with Crippen LogP contribution in [0.25, 0.3) is 26.2 Å². The van der Waals surface area contributed by atoms with Crippen molar-refractivity contribution in [2.75, 3.05) is 0 Å². The van der Waals surface area contributed by atoms with Gasteiger partial charge in [-0.05, 0) is 30.2 Å². The van der Waals surface area contributed by atoms with Gasteiger partial charge in [0.2, 0.25) is 0 Å². The minimum Gasteiger partial charge on any atom is -0.135 e. The lowest BCUT2D eigenvalue weighted by atomic mass is 10.1. The summed E-state index contributed by atoms with van der Waals surface area (Å²) in [6.07, 6.45) is 13.7. The molecule has 0 unspecified atom stereocenters. The molecule has 1 aromatic heterocycles. The average molecular weight is 290 g/mol. The van der Waals surface area contributed by atoms with E-state index in [-0.39, 0.29) is 0 Å². The van der Waals surface area contributed by atoms with Crippen LogP contribution in [-0.2, 0) is 0 Å². The first kappa shape index (κ1) is 13.9. The predicted octanol–water partition coefficient (Wildman–Crippen LogP) is 6.24. The Morgan fingerprint density at radius 2 is 1.86 bits per heavy atom. The Balaban J connectivity index is 2.00. The molecular weight excluding hydrogens is 272 g/mol. The molecule has 21 heavy (non-hydrogen) atoms. The average Bonchev–Trinajstić information content (AvgIpc) is 2.88. The van der Waals surface area contributed by atoms with Gasteiger partial charge in [-0.2, -0.15) is 0 Å². The first-order valence-electron chi connectivity index (χ1n) is 7.41. The zero-order valence-electron chi connectivity index (χ0n) is 12.2. The second kappa shape index (κ2) is 6.16. The minimum absolute atomic E-state index is 0.953. The van der Waals surface area contributed by atoms with E-state index < -0.39 is 0 Å². The maximum atomic E-state index is 5.48. The second-order valence-corrected chi connectivity index (χ2v) is 6.34. The molecule has 3 aromatic rings. The molecule has 0 saturated heterocycles. The molecule has 0 aliphatic carbocycles. The molecule has 0 nitrogen and oxygen atoms in total. The molecule has 1 heterocycles. The molecule has 0 aliphatic rings. The molecule has 104 valence electrons. The molecule has 0 saturated carbocycles. The van der Waals surface area contributed by atoms with Crippen molar-refractivity contribution in [3.05, 3.63) is 53.6 Å². The van der Waals surface area contributed by atoms with Gasteiger partial charge in [0.05, 0.1) is 0 Å². The molecule has 0 spiro atoms. The zero-order chi connectivity index (χ0) is 14.7. The summed E-state index contributed by atoms with van der Waals surface area (Å²) >= 11 is 1.82. The third-order valence-corrected chi connectivity index (χ3v) is 4.81. The van der Waals surface area contributed by atoms with Crippen molar-refractivity contribution >= 4 is 37.6 Å². The molecule has 3 rings (SSSR count). The number of fused-ring (bicyclic) bond motifs is 3. The van der Waals surface area contributed by atoms with E-state index in [0.29, 0.717) is 0 Å². The maximum Gasteiger partial charge on any atom is 0.0367 e. The van der Waals surface area contributed by atoms with Gasteiger partial charge in [-0.1, -0.05) is 56.0 Å². The predicted molar refractivity (Wildman–Crippen MR) is 95.8 cm³/mol. The molecule has 0 bridgehead atoms. The number of allylic oxidation sites excluding steroid dienone is 1. The Morgan fingerprint density at radius 1 is 1.10 bits per heavy atom. The van der Waals surface area contributed by atoms with Crippen molar-refractivity contribution in [2.45, 2.75) is 26.2 Å². The Hall–Kier alpha value is -2.04. The van der Waals surface area contributed by atoms with Gasteiger partial charge < -0.3 is 0 Å². The Morgan fingerprint density at radius 3 is 2.62 bits per heavy atom. The fourth-order valence-electron chi connectivity index (χ4n) is 2.53. The van der Waals surface area contributed by atoms with Crippen LogP contribution in [0.4, 0.5) is 0 Å². The Labute approximate surface area is 130 Å². The van der Waals surface area contributed by atoms with Gasteiger partial charge >= 0.3 is 0 Å². The molecule has 0 fully saturated rings. The van der Waals surface area contributed by atoms with Crippen LogP contribution in [0.15, 0.2) is 42.5 Å². The molecule has 0 radical (unpaired) electrons. The zero-order valence-corrected chi connectivity index (χ0v) is 13.0. The van der Waals surface area contributed by atoms with Crippen LogP contribution in [0.1, 0.15) is 37.3 Å². The minimum atomic E-state index is 0.953. The number of hydrogen-bond donors (Lipinski definition) is 0. The van der Waals surface area contributed by atoms with Crippen LogP contribution < -0.4 is 0 Å². The number of unbranched alkanes of at least 4 members (excludes halogenated alkanes) is 2. The van der Waals surface area contributed by atoms with Gasteiger partial charge in [0.25, 0.3) is 0 Å². The smallest absolute Gasteiger partial charge is 0.0367 e. The quantitative estimate of drug-likeness (QED) is 0.394. The van der Waals surface area contributed by atoms with Crippen molar-refractivity contribution in [1.82, 2.24) is 0 Å². The van der Waals surface area contributed by atoms with E-state index in [1.165, 1.54) is 38.6 Å². The summed E-state index contributed by atoms with van der Waals surface area (Å²) in [6.45, 7) is 2.22. The van der Waals surface area contributed by atoms with Gasteiger partial charge in [0.1, 0.15) is 0 Å². The monoisotopic (exact) mass is 290 g/mol. The normalized spacial score (nSPS) is 11.4. The van der Waals surface area contributed by atoms with E-state index in [4.69, 9.17) is 6.42 Å². The van der Waals surface area contributed by atoms with Gasteiger partial charge in [-0.3, -0.25) is 0 Å². The van der Waals surface area contributed by atoms with E-state index in [1.807, 2.05) is 17.4 Å². The lowest BCUT2D eigenvalue weighted by molar-refractivity contribution is 0.816. The summed E-state index contributed by atoms with van der Waals surface area (Å²) in [4.78, 5) is 0. The topological polar surface area (TPSA) is 0 Å². The molecule has 0 atom stereocenters. The number of hydrogen-bond acceptors (Lipinski definition) is 1. The highest BCUT2D eigenvalue weighted by molar-refractivity contribution is 7.25.